The lowest BCUT2D eigenvalue weighted by Gasteiger charge is -2.10. The predicted molar refractivity (Wildman–Crippen MR) is 101 cm³/mol. The SMILES string of the molecule is CCCOc1ccc(/C=N\OCc2coc(-c3cccs3)n2)cc1OC. The molecule has 0 amide bonds. The summed E-state index contributed by atoms with van der Waals surface area (Å²) in [5.41, 5.74) is 1.54. The summed E-state index contributed by atoms with van der Waals surface area (Å²) in [7, 11) is 1.61. The fourth-order valence-electron chi connectivity index (χ4n) is 2.18. The molecule has 3 rings (SSSR count). The van der Waals surface area contributed by atoms with Crippen LogP contribution in [0.2, 0.25) is 0 Å². The topological polar surface area (TPSA) is 66.1 Å². The van der Waals surface area contributed by atoms with Gasteiger partial charge in [0.05, 0.1) is 24.8 Å². The van der Waals surface area contributed by atoms with Crippen LogP contribution >= 0.6 is 11.3 Å². The molecule has 26 heavy (non-hydrogen) atoms. The molecule has 0 fully saturated rings. The fraction of sp³-hybridized carbons (Fsp3) is 0.263. The summed E-state index contributed by atoms with van der Waals surface area (Å²) < 4.78 is 16.4. The van der Waals surface area contributed by atoms with Gasteiger partial charge in [0.2, 0.25) is 5.89 Å². The Balaban J connectivity index is 1.55. The second-order valence-corrected chi connectivity index (χ2v) is 6.34. The van der Waals surface area contributed by atoms with Crippen molar-refractivity contribution in [2.45, 2.75) is 20.0 Å². The normalized spacial score (nSPS) is 11.0. The molecule has 0 saturated heterocycles. The summed E-state index contributed by atoms with van der Waals surface area (Å²) in [4.78, 5) is 10.7. The molecule has 0 radical (unpaired) electrons. The number of thiophene rings is 1. The highest BCUT2D eigenvalue weighted by Gasteiger charge is 2.08. The second kappa shape index (κ2) is 9.05. The first-order chi connectivity index (χ1) is 12.8. The molecular formula is C19H20N2O4S. The highest BCUT2D eigenvalue weighted by molar-refractivity contribution is 7.13. The smallest absolute Gasteiger partial charge is 0.236 e. The lowest BCUT2D eigenvalue weighted by Crippen LogP contribution is -1.98. The minimum atomic E-state index is 0.236. The van der Waals surface area contributed by atoms with Crippen molar-refractivity contribution in [2.75, 3.05) is 13.7 Å². The van der Waals surface area contributed by atoms with Crippen LogP contribution in [0.1, 0.15) is 24.6 Å². The van der Waals surface area contributed by atoms with E-state index >= 15 is 0 Å². The van der Waals surface area contributed by atoms with E-state index in [9.17, 15) is 0 Å². The van der Waals surface area contributed by atoms with Gasteiger partial charge in [0.15, 0.2) is 18.1 Å². The molecule has 1 aromatic carbocycles. The first-order valence-corrected chi connectivity index (χ1v) is 9.12. The van der Waals surface area contributed by atoms with Crippen LogP contribution in [-0.4, -0.2) is 24.9 Å². The van der Waals surface area contributed by atoms with Gasteiger partial charge in [-0.1, -0.05) is 18.1 Å². The van der Waals surface area contributed by atoms with Crippen molar-refractivity contribution in [1.29, 1.82) is 0 Å². The summed E-state index contributed by atoms with van der Waals surface area (Å²) in [6, 6.07) is 9.52. The number of aromatic nitrogens is 1. The highest BCUT2D eigenvalue weighted by atomic mass is 32.1. The molecule has 0 aliphatic carbocycles. The zero-order valence-electron chi connectivity index (χ0n) is 14.7. The Morgan fingerprint density at radius 1 is 1.27 bits per heavy atom. The van der Waals surface area contributed by atoms with Crippen LogP contribution in [-0.2, 0) is 11.4 Å². The average molecular weight is 372 g/mol. The second-order valence-electron chi connectivity index (χ2n) is 5.39. The van der Waals surface area contributed by atoms with Crippen molar-refractivity contribution >= 4 is 17.6 Å². The summed E-state index contributed by atoms with van der Waals surface area (Å²) in [5.74, 6) is 1.98. The molecule has 0 bridgehead atoms. The van der Waals surface area contributed by atoms with Crippen LogP contribution in [0.25, 0.3) is 10.8 Å². The third-order valence-corrected chi connectivity index (χ3v) is 4.28. The summed E-state index contributed by atoms with van der Waals surface area (Å²) in [6.45, 7) is 2.95. The maximum Gasteiger partial charge on any atom is 0.236 e. The van der Waals surface area contributed by atoms with E-state index in [0.29, 0.717) is 23.9 Å². The Bertz CT molecular complexity index is 843. The first kappa shape index (κ1) is 18.0. The summed E-state index contributed by atoms with van der Waals surface area (Å²) in [5, 5.41) is 5.95. The number of oxime groups is 1. The van der Waals surface area contributed by atoms with Crippen LogP contribution in [0.4, 0.5) is 0 Å². The van der Waals surface area contributed by atoms with Crippen molar-refractivity contribution < 1.29 is 18.7 Å². The van der Waals surface area contributed by atoms with Crippen LogP contribution in [0.5, 0.6) is 11.5 Å². The highest BCUT2D eigenvalue weighted by Crippen LogP contribution is 2.27. The first-order valence-electron chi connectivity index (χ1n) is 8.24. The van der Waals surface area contributed by atoms with Gasteiger partial charge in [-0.3, -0.25) is 0 Å². The van der Waals surface area contributed by atoms with Gasteiger partial charge < -0.3 is 18.7 Å². The lowest BCUT2D eigenvalue weighted by molar-refractivity contribution is 0.129. The zero-order valence-corrected chi connectivity index (χ0v) is 15.5. The molecule has 2 heterocycles. The molecule has 0 aliphatic heterocycles. The van der Waals surface area contributed by atoms with E-state index in [0.717, 1.165) is 22.6 Å². The Kier molecular flexibility index (Phi) is 6.27. The maximum absolute atomic E-state index is 5.63. The van der Waals surface area contributed by atoms with Crippen LogP contribution < -0.4 is 9.47 Å². The van der Waals surface area contributed by atoms with Gasteiger partial charge in [-0.15, -0.1) is 11.3 Å². The Morgan fingerprint density at radius 2 is 2.19 bits per heavy atom. The van der Waals surface area contributed by atoms with Crippen molar-refractivity contribution in [2.24, 2.45) is 5.16 Å². The minimum absolute atomic E-state index is 0.236. The van der Waals surface area contributed by atoms with E-state index in [1.807, 2.05) is 35.7 Å². The molecule has 7 heteroatoms. The molecule has 0 spiro atoms. The fourth-order valence-corrected chi connectivity index (χ4v) is 2.84. The number of rotatable bonds is 9. The molecule has 2 aromatic heterocycles. The third-order valence-electron chi connectivity index (χ3n) is 3.42. The molecular weight excluding hydrogens is 352 g/mol. The molecule has 3 aromatic rings. The van der Waals surface area contributed by atoms with E-state index in [1.165, 1.54) is 0 Å². The Morgan fingerprint density at radius 3 is 2.96 bits per heavy atom. The van der Waals surface area contributed by atoms with Crippen LogP contribution in [0.3, 0.4) is 0 Å². The number of methoxy groups -OCH3 is 1. The number of oxazole rings is 1. The van der Waals surface area contributed by atoms with E-state index in [-0.39, 0.29) is 6.61 Å². The van der Waals surface area contributed by atoms with Crippen molar-refractivity contribution in [1.82, 2.24) is 4.98 Å². The van der Waals surface area contributed by atoms with Crippen molar-refractivity contribution in [3.63, 3.8) is 0 Å². The van der Waals surface area contributed by atoms with Gasteiger partial charge in [-0.25, -0.2) is 4.98 Å². The van der Waals surface area contributed by atoms with Crippen LogP contribution in [0.15, 0.2) is 51.5 Å². The predicted octanol–water partition coefficient (Wildman–Crippen LogP) is 4.75. The summed E-state index contributed by atoms with van der Waals surface area (Å²) >= 11 is 1.58. The Labute approximate surface area is 156 Å². The van der Waals surface area contributed by atoms with Gasteiger partial charge in [-0.2, -0.15) is 0 Å². The van der Waals surface area contributed by atoms with Gasteiger partial charge in [0, 0.05) is 5.56 Å². The largest absolute Gasteiger partial charge is 0.493 e. The van der Waals surface area contributed by atoms with E-state index in [1.54, 1.807) is 30.9 Å². The average Bonchev–Trinajstić information content (AvgIpc) is 3.35. The van der Waals surface area contributed by atoms with Gasteiger partial charge in [-0.05, 0) is 36.1 Å². The van der Waals surface area contributed by atoms with Crippen LogP contribution in [0, 0.1) is 0 Å². The molecule has 0 atom stereocenters. The molecule has 0 aliphatic rings. The zero-order chi connectivity index (χ0) is 18.2. The minimum Gasteiger partial charge on any atom is -0.493 e. The van der Waals surface area contributed by atoms with E-state index in [4.69, 9.17) is 18.7 Å². The van der Waals surface area contributed by atoms with E-state index < -0.39 is 0 Å². The van der Waals surface area contributed by atoms with Gasteiger partial charge in [0.25, 0.3) is 0 Å². The lowest BCUT2D eigenvalue weighted by atomic mass is 10.2. The number of hydrogen-bond donors (Lipinski definition) is 0. The van der Waals surface area contributed by atoms with Crippen molar-refractivity contribution in [3.05, 3.63) is 53.2 Å². The molecule has 136 valence electrons. The number of benzene rings is 1. The Hall–Kier alpha value is -2.80. The third kappa shape index (κ3) is 4.64. The molecule has 0 saturated carbocycles. The quantitative estimate of drug-likeness (QED) is 0.400. The number of ether oxygens (including phenoxy) is 2. The van der Waals surface area contributed by atoms with Gasteiger partial charge >= 0.3 is 0 Å². The maximum atomic E-state index is 5.63. The monoisotopic (exact) mass is 372 g/mol. The molecule has 0 unspecified atom stereocenters. The van der Waals surface area contributed by atoms with E-state index in [2.05, 4.69) is 17.1 Å². The molecule has 0 N–H and O–H groups in total. The van der Waals surface area contributed by atoms with Gasteiger partial charge in [0.1, 0.15) is 12.0 Å². The van der Waals surface area contributed by atoms with Crippen molar-refractivity contribution in [3.8, 4) is 22.3 Å². The standard InChI is InChI=1S/C19H20N2O4S/c1-3-8-23-16-7-6-14(10-17(16)22-2)11-20-25-13-15-12-24-19(21-15)18-5-4-9-26-18/h4-7,9-12H,3,8,13H2,1-2H3/b20-11-. The number of hydrogen-bond acceptors (Lipinski definition) is 7. The summed E-state index contributed by atoms with van der Waals surface area (Å²) in [6.07, 6.45) is 4.14. The molecule has 6 nitrogen and oxygen atoms in total. The number of nitrogens with zero attached hydrogens (tertiary/aromatic N) is 2.